The van der Waals surface area contributed by atoms with E-state index in [1.54, 1.807) is 12.5 Å². The van der Waals surface area contributed by atoms with Crippen LogP contribution < -0.4 is 5.32 Å². The van der Waals surface area contributed by atoms with Crippen LogP contribution in [0.4, 0.5) is 0 Å². The Morgan fingerprint density at radius 3 is 2.71 bits per heavy atom. The molecule has 0 bridgehead atoms. The molecule has 0 saturated heterocycles. The minimum Gasteiger partial charge on any atom is -0.378 e. The number of amides is 1. The number of rotatable bonds is 6. The summed E-state index contributed by atoms with van der Waals surface area (Å²) in [4.78, 5) is 16.7. The monoisotopic (exact) mass is 364 g/mol. The maximum atomic E-state index is 12.4. The van der Waals surface area contributed by atoms with E-state index in [0.29, 0.717) is 18.8 Å². The molecule has 24 heavy (non-hydrogen) atoms. The van der Waals surface area contributed by atoms with Crippen molar-refractivity contribution in [1.29, 1.82) is 0 Å². The third kappa shape index (κ3) is 3.79. The largest absolute Gasteiger partial charge is 0.378 e. The summed E-state index contributed by atoms with van der Waals surface area (Å²) in [5, 5.41) is 6.42. The zero-order valence-electron chi connectivity index (χ0n) is 13.7. The summed E-state index contributed by atoms with van der Waals surface area (Å²) in [6.45, 7) is 1.07. The van der Waals surface area contributed by atoms with E-state index >= 15 is 0 Å². The molecule has 0 aliphatic heterocycles. The lowest BCUT2D eigenvalue weighted by Gasteiger charge is -2.30. The second kappa shape index (κ2) is 7.64. The molecule has 0 unspecified atom stereocenters. The van der Waals surface area contributed by atoms with Crippen molar-refractivity contribution < 1.29 is 9.53 Å². The molecule has 1 amide bonds. The smallest absolute Gasteiger partial charge is 0.270 e. The molecule has 1 aromatic heterocycles. The number of carbonyl (C=O) groups excluding carboxylic acids is 1. The van der Waals surface area contributed by atoms with Gasteiger partial charge in [-0.1, -0.05) is 36.6 Å². The van der Waals surface area contributed by atoms with Crippen molar-refractivity contribution in [3.05, 3.63) is 50.9 Å². The van der Waals surface area contributed by atoms with E-state index in [2.05, 4.69) is 22.4 Å². The third-order valence-corrected chi connectivity index (χ3v) is 5.73. The minimum atomic E-state index is -0.117. The van der Waals surface area contributed by atoms with Gasteiger partial charge in [0.15, 0.2) is 0 Å². The molecule has 1 aliphatic carbocycles. The van der Waals surface area contributed by atoms with Gasteiger partial charge in [0.2, 0.25) is 0 Å². The highest BCUT2D eigenvalue weighted by Gasteiger charge is 2.36. The summed E-state index contributed by atoms with van der Waals surface area (Å²) in [5.74, 6) is -0.117. The molecule has 1 fully saturated rings. The molecule has 6 heteroatoms. The second-order valence-electron chi connectivity index (χ2n) is 6.24. The number of methoxy groups -OCH3 is 1. The van der Waals surface area contributed by atoms with Crippen molar-refractivity contribution in [3.8, 4) is 0 Å². The molecule has 1 aliphatic rings. The maximum absolute atomic E-state index is 12.4. The van der Waals surface area contributed by atoms with Crippen LogP contribution in [0.2, 0.25) is 5.02 Å². The van der Waals surface area contributed by atoms with Crippen LogP contribution in [-0.2, 0) is 16.8 Å². The van der Waals surface area contributed by atoms with Crippen LogP contribution in [-0.4, -0.2) is 24.5 Å². The van der Waals surface area contributed by atoms with Gasteiger partial charge in [-0.25, -0.2) is 4.98 Å². The van der Waals surface area contributed by atoms with Crippen molar-refractivity contribution in [1.82, 2.24) is 10.3 Å². The van der Waals surface area contributed by atoms with Crippen molar-refractivity contribution >= 4 is 28.8 Å². The quantitative estimate of drug-likeness (QED) is 0.836. The minimum absolute atomic E-state index is 0.00559. The van der Waals surface area contributed by atoms with Gasteiger partial charge in [0.25, 0.3) is 5.91 Å². The first-order chi connectivity index (χ1) is 11.6. The Bertz CT molecular complexity index is 693. The number of hydrogen-bond donors (Lipinski definition) is 1. The number of carbonyl (C=O) groups is 1. The molecule has 1 aromatic carbocycles. The number of nitrogens with one attached hydrogen (secondary N) is 1. The topological polar surface area (TPSA) is 51.2 Å². The number of hydrogen-bond acceptors (Lipinski definition) is 4. The SMILES string of the molecule is COCc1nc(C(=O)NCC2(c3ccc(Cl)cc3)CCCC2)cs1. The third-order valence-electron chi connectivity index (χ3n) is 4.66. The molecule has 4 nitrogen and oxygen atoms in total. The van der Waals surface area contributed by atoms with E-state index in [0.717, 1.165) is 22.9 Å². The fraction of sp³-hybridized carbons (Fsp3) is 0.444. The van der Waals surface area contributed by atoms with Gasteiger partial charge in [-0.05, 0) is 30.5 Å². The van der Waals surface area contributed by atoms with Crippen LogP contribution in [0.15, 0.2) is 29.6 Å². The van der Waals surface area contributed by atoms with Gasteiger partial charge in [0, 0.05) is 29.5 Å². The summed E-state index contributed by atoms with van der Waals surface area (Å²) in [6, 6.07) is 8.02. The van der Waals surface area contributed by atoms with E-state index in [1.165, 1.54) is 29.7 Å². The Morgan fingerprint density at radius 1 is 1.33 bits per heavy atom. The van der Waals surface area contributed by atoms with Crippen molar-refractivity contribution in [2.45, 2.75) is 37.7 Å². The zero-order valence-corrected chi connectivity index (χ0v) is 15.3. The van der Waals surface area contributed by atoms with Gasteiger partial charge in [0.1, 0.15) is 10.7 Å². The van der Waals surface area contributed by atoms with E-state index < -0.39 is 0 Å². The first kappa shape index (κ1) is 17.4. The summed E-state index contributed by atoms with van der Waals surface area (Å²) < 4.78 is 5.05. The summed E-state index contributed by atoms with van der Waals surface area (Å²) in [6.07, 6.45) is 4.54. The number of nitrogens with zero attached hydrogens (tertiary/aromatic N) is 1. The number of aromatic nitrogens is 1. The van der Waals surface area contributed by atoms with Crippen LogP contribution in [0.3, 0.4) is 0 Å². The first-order valence-electron chi connectivity index (χ1n) is 8.10. The van der Waals surface area contributed by atoms with Gasteiger partial charge in [0.05, 0.1) is 6.61 Å². The number of halogens is 1. The molecule has 1 N–H and O–H groups in total. The van der Waals surface area contributed by atoms with Gasteiger partial charge >= 0.3 is 0 Å². The molecule has 0 atom stereocenters. The van der Waals surface area contributed by atoms with Gasteiger partial charge in [-0.15, -0.1) is 11.3 Å². The zero-order chi connectivity index (χ0) is 17.0. The Balaban J connectivity index is 1.69. The number of thiazole rings is 1. The Hall–Kier alpha value is -1.43. The lowest BCUT2D eigenvalue weighted by molar-refractivity contribution is 0.0938. The maximum Gasteiger partial charge on any atom is 0.270 e. The van der Waals surface area contributed by atoms with Crippen molar-refractivity contribution in [2.75, 3.05) is 13.7 Å². The molecule has 0 spiro atoms. The highest BCUT2D eigenvalue weighted by atomic mass is 35.5. The van der Waals surface area contributed by atoms with Gasteiger partial charge in [-0.2, -0.15) is 0 Å². The van der Waals surface area contributed by atoms with Gasteiger partial charge in [-0.3, -0.25) is 4.79 Å². The summed E-state index contributed by atoms with van der Waals surface area (Å²) >= 11 is 7.46. The lowest BCUT2D eigenvalue weighted by Crippen LogP contribution is -2.39. The van der Waals surface area contributed by atoms with Crippen LogP contribution in [0.25, 0.3) is 0 Å². The molecule has 2 aromatic rings. The molecule has 1 heterocycles. The average Bonchev–Trinajstić information content (AvgIpc) is 3.24. The van der Waals surface area contributed by atoms with Gasteiger partial charge < -0.3 is 10.1 Å². The van der Waals surface area contributed by atoms with E-state index in [4.69, 9.17) is 16.3 Å². The molecule has 3 rings (SSSR count). The second-order valence-corrected chi connectivity index (χ2v) is 7.62. The Labute approximate surface area is 151 Å². The van der Waals surface area contributed by atoms with Crippen LogP contribution in [0.1, 0.15) is 46.7 Å². The molecule has 1 saturated carbocycles. The highest BCUT2D eigenvalue weighted by molar-refractivity contribution is 7.09. The Morgan fingerprint density at radius 2 is 2.04 bits per heavy atom. The molecular formula is C18H21ClN2O2S. The predicted molar refractivity (Wildman–Crippen MR) is 96.8 cm³/mol. The molecule has 0 radical (unpaired) electrons. The summed E-state index contributed by atoms with van der Waals surface area (Å²) in [5.41, 5.74) is 1.73. The highest BCUT2D eigenvalue weighted by Crippen LogP contribution is 2.41. The summed E-state index contributed by atoms with van der Waals surface area (Å²) in [7, 11) is 1.62. The van der Waals surface area contributed by atoms with Crippen molar-refractivity contribution in [2.24, 2.45) is 0 Å². The van der Waals surface area contributed by atoms with Crippen LogP contribution in [0.5, 0.6) is 0 Å². The van der Waals surface area contributed by atoms with E-state index in [9.17, 15) is 4.79 Å². The standard InChI is InChI=1S/C18H21ClN2O2S/c1-23-10-16-21-15(11-24-16)17(22)20-12-18(8-2-3-9-18)13-4-6-14(19)7-5-13/h4-7,11H,2-3,8-10,12H2,1H3,(H,20,22). The van der Waals surface area contributed by atoms with Crippen molar-refractivity contribution in [3.63, 3.8) is 0 Å². The normalized spacial score (nSPS) is 16.2. The fourth-order valence-corrected chi connectivity index (χ4v) is 4.24. The Kier molecular flexibility index (Phi) is 5.54. The van der Waals surface area contributed by atoms with Crippen LogP contribution in [0, 0.1) is 0 Å². The predicted octanol–water partition coefficient (Wildman–Crippen LogP) is 4.18. The van der Waals surface area contributed by atoms with E-state index in [-0.39, 0.29) is 11.3 Å². The number of ether oxygens (including phenoxy) is 1. The molecular weight excluding hydrogens is 344 g/mol. The van der Waals surface area contributed by atoms with E-state index in [1.807, 2.05) is 12.1 Å². The molecule has 128 valence electrons. The lowest BCUT2D eigenvalue weighted by atomic mass is 9.79. The van der Waals surface area contributed by atoms with Crippen LogP contribution >= 0.6 is 22.9 Å². The first-order valence-corrected chi connectivity index (χ1v) is 9.36. The average molecular weight is 365 g/mol. The number of benzene rings is 1. The fourth-order valence-electron chi connectivity index (χ4n) is 3.37.